The molecule has 0 spiro atoms. The third-order valence-corrected chi connectivity index (χ3v) is 3.46. The minimum atomic E-state index is -3.39. The lowest BCUT2D eigenvalue weighted by molar-refractivity contribution is -0.118. The van der Waals surface area contributed by atoms with Gasteiger partial charge >= 0.3 is 0 Å². The summed E-state index contributed by atoms with van der Waals surface area (Å²) in [6.07, 6.45) is 1.12. The van der Waals surface area contributed by atoms with Crippen LogP contribution in [0.2, 0.25) is 0 Å². The van der Waals surface area contributed by atoms with E-state index in [-0.39, 0.29) is 19.0 Å². The van der Waals surface area contributed by atoms with E-state index < -0.39 is 10.0 Å². The van der Waals surface area contributed by atoms with Crippen LogP contribution in [0.25, 0.3) is 0 Å². The molecule has 0 radical (unpaired) electrons. The molecule has 18 heavy (non-hydrogen) atoms. The van der Waals surface area contributed by atoms with Gasteiger partial charge in [-0.25, -0.2) is 8.42 Å². The summed E-state index contributed by atoms with van der Waals surface area (Å²) in [6.45, 7) is 1.82. The van der Waals surface area contributed by atoms with Crippen molar-refractivity contribution in [2.24, 2.45) is 0 Å². The van der Waals surface area contributed by atoms with E-state index in [0.29, 0.717) is 11.4 Å². The van der Waals surface area contributed by atoms with E-state index in [4.69, 9.17) is 5.73 Å². The maximum absolute atomic E-state index is 11.7. The summed E-state index contributed by atoms with van der Waals surface area (Å²) in [6, 6.07) is 6.52. The lowest BCUT2D eigenvalue weighted by Gasteiger charge is -2.22. The Hall–Kier alpha value is -1.76. The van der Waals surface area contributed by atoms with Gasteiger partial charge in [0.25, 0.3) is 0 Å². The smallest absolute Gasteiger partial charge is 0.232 e. The number of carbonyl (C=O) groups excluding carboxylic acids is 1. The fourth-order valence-corrected chi connectivity index (χ4v) is 2.39. The number of hydrogen-bond acceptors (Lipinski definition) is 4. The van der Waals surface area contributed by atoms with Crippen LogP contribution in [-0.4, -0.2) is 33.7 Å². The second-order valence-electron chi connectivity index (χ2n) is 3.91. The summed E-state index contributed by atoms with van der Waals surface area (Å²) in [5.74, 6) is -0.194. The second-order valence-corrected chi connectivity index (χ2v) is 5.82. The van der Waals surface area contributed by atoms with Crippen LogP contribution in [0.3, 0.4) is 0 Å². The molecule has 0 aliphatic rings. The lowest BCUT2D eigenvalue weighted by atomic mass is 10.3. The molecular formula is C11H17N3O3S. The monoisotopic (exact) mass is 271 g/mol. The molecule has 0 bridgehead atoms. The average Bonchev–Trinajstić information content (AvgIpc) is 2.24. The number of nitrogens with one attached hydrogen (secondary N) is 1. The van der Waals surface area contributed by atoms with E-state index in [1.165, 1.54) is 11.2 Å². The second kappa shape index (κ2) is 5.72. The van der Waals surface area contributed by atoms with Gasteiger partial charge in [-0.1, -0.05) is 0 Å². The average molecular weight is 271 g/mol. The zero-order valence-electron chi connectivity index (χ0n) is 10.4. The number of nitrogens with two attached hydrogens (primary N) is 1. The Morgan fingerprint density at radius 3 is 2.33 bits per heavy atom. The van der Waals surface area contributed by atoms with Crippen LogP contribution in [-0.2, 0) is 14.8 Å². The van der Waals surface area contributed by atoms with Crippen molar-refractivity contribution in [1.82, 2.24) is 5.32 Å². The molecule has 3 N–H and O–H groups in total. The highest BCUT2D eigenvalue weighted by molar-refractivity contribution is 7.92. The first-order valence-corrected chi connectivity index (χ1v) is 7.23. The molecule has 0 saturated carbocycles. The maximum atomic E-state index is 11.7. The summed E-state index contributed by atoms with van der Waals surface area (Å²) in [5, 5.41) is 2.56. The van der Waals surface area contributed by atoms with E-state index in [9.17, 15) is 13.2 Å². The largest absolute Gasteiger partial charge is 0.399 e. The zero-order valence-corrected chi connectivity index (χ0v) is 11.2. The Balaban J connectivity index is 2.86. The number of sulfonamides is 1. The highest BCUT2D eigenvalue weighted by Gasteiger charge is 2.16. The Labute approximate surface area is 107 Å². The van der Waals surface area contributed by atoms with Crippen molar-refractivity contribution in [1.29, 1.82) is 0 Å². The standard InChI is InChI=1S/C11H17N3O3S/c1-9(15)13-7-8-14(18(2,16)17)11-5-3-10(12)4-6-11/h3-6H,7-8,12H2,1-2H3,(H,13,15). The van der Waals surface area contributed by atoms with Gasteiger partial charge in [0, 0.05) is 19.2 Å². The quantitative estimate of drug-likeness (QED) is 0.747. The van der Waals surface area contributed by atoms with Gasteiger partial charge in [-0.05, 0) is 24.3 Å². The Bertz CT molecular complexity index is 511. The minimum absolute atomic E-state index is 0.183. The molecule has 1 amide bonds. The third kappa shape index (κ3) is 4.25. The highest BCUT2D eigenvalue weighted by Crippen LogP contribution is 2.18. The topological polar surface area (TPSA) is 92.5 Å². The molecule has 1 aromatic carbocycles. The van der Waals surface area contributed by atoms with Gasteiger partial charge < -0.3 is 11.1 Å². The van der Waals surface area contributed by atoms with Gasteiger partial charge in [-0.2, -0.15) is 0 Å². The highest BCUT2D eigenvalue weighted by atomic mass is 32.2. The van der Waals surface area contributed by atoms with E-state index in [2.05, 4.69) is 5.32 Å². The van der Waals surface area contributed by atoms with Gasteiger partial charge in [-0.15, -0.1) is 0 Å². The summed E-state index contributed by atoms with van der Waals surface area (Å²) in [4.78, 5) is 10.8. The first-order valence-electron chi connectivity index (χ1n) is 5.38. The molecule has 6 nitrogen and oxygen atoms in total. The van der Waals surface area contributed by atoms with Gasteiger partial charge in [0.05, 0.1) is 18.5 Å². The van der Waals surface area contributed by atoms with Crippen molar-refractivity contribution < 1.29 is 13.2 Å². The van der Waals surface area contributed by atoms with Crippen LogP contribution in [0.4, 0.5) is 11.4 Å². The number of nitrogens with zero attached hydrogens (tertiary/aromatic N) is 1. The van der Waals surface area contributed by atoms with E-state index in [1.807, 2.05) is 0 Å². The minimum Gasteiger partial charge on any atom is -0.399 e. The van der Waals surface area contributed by atoms with Gasteiger partial charge in [0.15, 0.2) is 0 Å². The molecule has 0 heterocycles. The predicted octanol–water partition coefficient (Wildman–Crippen LogP) is 0.171. The summed E-state index contributed by atoms with van der Waals surface area (Å²) >= 11 is 0. The number of hydrogen-bond donors (Lipinski definition) is 2. The van der Waals surface area contributed by atoms with Gasteiger partial charge in [0.1, 0.15) is 0 Å². The van der Waals surface area contributed by atoms with Crippen LogP contribution < -0.4 is 15.4 Å². The summed E-state index contributed by atoms with van der Waals surface area (Å²) < 4.78 is 24.6. The molecule has 0 saturated heterocycles. The van der Waals surface area contributed by atoms with Gasteiger partial charge in [-0.3, -0.25) is 9.10 Å². The van der Waals surface area contributed by atoms with Crippen molar-refractivity contribution in [3.63, 3.8) is 0 Å². The molecule has 1 rings (SSSR count). The van der Waals surface area contributed by atoms with Gasteiger partial charge in [0.2, 0.25) is 15.9 Å². The van der Waals surface area contributed by atoms with Crippen LogP contribution >= 0.6 is 0 Å². The number of carbonyl (C=O) groups is 1. The predicted molar refractivity (Wildman–Crippen MR) is 71.7 cm³/mol. The van der Waals surface area contributed by atoms with Crippen molar-refractivity contribution in [3.05, 3.63) is 24.3 Å². The molecule has 100 valence electrons. The summed E-state index contributed by atoms with van der Waals surface area (Å²) in [5.41, 5.74) is 6.64. The molecule has 0 aliphatic carbocycles. The fraction of sp³-hybridized carbons (Fsp3) is 0.364. The SMILES string of the molecule is CC(=O)NCCN(c1ccc(N)cc1)S(C)(=O)=O. The molecule has 7 heteroatoms. The maximum Gasteiger partial charge on any atom is 0.232 e. The van der Waals surface area contributed by atoms with Crippen LogP contribution in [0.5, 0.6) is 0 Å². The molecule has 1 aromatic rings. The zero-order chi connectivity index (χ0) is 13.8. The van der Waals surface area contributed by atoms with Crippen molar-refractivity contribution in [2.75, 3.05) is 29.4 Å². The van der Waals surface area contributed by atoms with Crippen molar-refractivity contribution in [2.45, 2.75) is 6.92 Å². The normalized spacial score (nSPS) is 11.0. The fourth-order valence-electron chi connectivity index (χ4n) is 1.46. The van der Waals surface area contributed by atoms with Crippen LogP contribution in [0.1, 0.15) is 6.92 Å². The van der Waals surface area contributed by atoms with E-state index in [0.717, 1.165) is 6.26 Å². The molecule has 0 aliphatic heterocycles. The van der Waals surface area contributed by atoms with E-state index in [1.54, 1.807) is 24.3 Å². The molecule has 0 fully saturated rings. The van der Waals surface area contributed by atoms with Crippen molar-refractivity contribution >= 4 is 27.3 Å². The number of benzene rings is 1. The Kier molecular flexibility index (Phi) is 4.55. The first kappa shape index (κ1) is 14.3. The van der Waals surface area contributed by atoms with Crippen LogP contribution in [0, 0.1) is 0 Å². The Morgan fingerprint density at radius 1 is 1.33 bits per heavy atom. The van der Waals surface area contributed by atoms with E-state index >= 15 is 0 Å². The molecule has 0 unspecified atom stereocenters. The number of anilines is 2. The molecule has 0 aromatic heterocycles. The molecule has 0 atom stereocenters. The molecular weight excluding hydrogens is 254 g/mol. The third-order valence-electron chi connectivity index (χ3n) is 2.27. The first-order chi connectivity index (χ1) is 8.30. The van der Waals surface area contributed by atoms with Crippen molar-refractivity contribution in [3.8, 4) is 0 Å². The number of nitrogen functional groups attached to an aromatic ring is 1. The number of amides is 1. The lowest BCUT2D eigenvalue weighted by Crippen LogP contribution is -2.37. The number of rotatable bonds is 5. The Morgan fingerprint density at radius 2 is 1.89 bits per heavy atom. The van der Waals surface area contributed by atoms with Crippen LogP contribution in [0.15, 0.2) is 24.3 Å². The summed E-state index contributed by atoms with van der Waals surface area (Å²) in [7, 11) is -3.39.